The summed E-state index contributed by atoms with van der Waals surface area (Å²) >= 11 is 1.61. The van der Waals surface area contributed by atoms with E-state index in [2.05, 4.69) is 12.2 Å². The zero-order valence-corrected chi connectivity index (χ0v) is 13.9. The van der Waals surface area contributed by atoms with Crippen molar-refractivity contribution in [1.82, 2.24) is 5.32 Å². The monoisotopic (exact) mass is 321 g/mol. The van der Waals surface area contributed by atoms with Crippen LogP contribution in [0.15, 0.2) is 29.2 Å². The Hall–Kier alpha value is -1.49. The fourth-order valence-electron chi connectivity index (χ4n) is 2.72. The van der Waals surface area contributed by atoms with E-state index in [0.717, 1.165) is 24.2 Å². The van der Waals surface area contributed by atoms with E-state index in [1.807, 2.05) is 18.4 Å². The predicted molar refractivity (Wildman–Crippen MR) is 88.1 cm³/mol. The quantitative estimate of drug-likeness (QED) is 0.668. The van der Waals surface area contributed by atoms with Gasteiger partial charge in [-0.15, -0.1) is 11.8 Å². The van der Waals surface area contributed by atoms with E-state index in [9.17, 15) is 9.59 Å². The number of esters is 1. The third kappa shape index (κ3) is 4.77. The maximum Gasteiger partial charge on any atom is 0.338 e. The van der Waals surface area contributed by atoms with E-state index in [0.29, 0.717) is 11.5 Å². The third-order valence-corrected chi connectivity index (χ3v) is 4.86. The molecule has 120 valence electrons. The molecule has 1 aromatic carbocycles. The number of nitrogens with one attached hydrogen (secondary N) is 1. The molecule has 1 aliphatic rings. The molecule has 5 heteroatoms. The molecule has 0 aromatic heterocycles. The number of amides is 1. The number of carbonyl (C=O) groups is 2. The van der Waals surface area contributed by atoms with E-state index in [4.69, 9.17) is 4.74 Å². The van der Waals surface area contributed by atoms with Crippen molar-refractivity contribution in [3.63, 3.8) is 0 Å². The second kappa shape index (κ2) is 8.22. The number of hydrogen-bond acceptors (Lipinski definition) is 4. The van der Waals surface area contributed by atoms with Crippen LogP contribution in [-0.2, 0) is 9.53 Å². The number of thioether (sulfide) groups is 1. The molecule has 1 aromatic rings. The van der Waals surface area contributed by atoms with Crippen LogP contribution >= 0.6 is 11.8 Å². The fourth-order valence-corrected chi connectivity index (χ4v) is 3.13. The molecule has 1 fully saturated rings. The molecule has 1 saturated carbocycles. The van der Waals surface area contributed by atoms with Gasteiger partial charge in [0.15, 0.2) is 6.61 Å². The molecule has 0 aliphatic heterocycles. The van der Waals surface area contributed by atoms with Crippen molar-refractivity contribution in [2.75, 3.05) is 12.9 Å². The summed E-state index contributed by atoms with van der Waals surface area (Å²) in [4.78, 5) is 24.9. The van der Waals surface area contributed by atoms with Crippen LogP contribution in [-0.4, -0.2) is 30.8 Å². The smallest absolute Gasteiger partial charge is 0.338 e. The molecule has 2 atom stereocenters. The summed E-state index contributed by atoms with van der Waals surface area (Å²) < 4.78 is 5.08. The maximum absolute atomic E-state index is 11.9. The minimum absolute atomic E-state index is 0.209. The van der Waals surface area contributed by atoms with Gasteiger partial charge in [0.2, 0.25) is 0 Å². The first kappa shape index (κ1) is 16.9. The first-order valence-electron chi connectivity index (χ1n) is 7.70. The highest BCUT2D eigenvalue weighted by molar-refractivity contribution is 7.98. The number of carbonyl (C=O) groups excluding carboxylic acids is 2. The van der Waals surface area contributed by atoms with Gasteiger partial charge in [0.25, 0.3) is 5.91 Å². The molecule has 1 amide bonds. The first-order chi connectivity index (χ1) is 10.6. The van der Waals surface area contributed by atoms with Crippen LogP contribution in [0.3, 0.4) is 0 Å². The summed E-state index contributed by atoms with van der Waals surface area (Å²) in [6.07, 6.45) is 6.51. The molecule has 2 rings (SSSR count). The molecule has 0 heterocycles. The van der Waals surface area contributed by atoms with Gasteiger partial charge in [0.05, 0.1) is 5.56 Å². The van der Waals surface area contributed by atoms with Gasteiger partial charge in [0, 0.05) is 10.9 Å². The topological polar surface area (TPSA) is 55.4 Å². The van der Waals surface area contributed by atoms with Crippen LogP contribution < -0.4 is 5.32 Å². The normalized spacial score (nSPS) is 21.2. The number of ether oxygens (including phenoxy) is 1. The second-order valence-electron chi connectivity index (χ2n) is 5.74. The highest BCUT2D eigenvalue weighted by atomic mass is 32.2. The second-order valence-corrected chi connectivity index (χ2v) is 6.62. The average Bonchev–Trinajstić information content (AvgIpc) is 2.55. The van der Waals surface area contributed by atoms with Crippen molar-refractivity contribution < 1.29 is 14.3 Å². The lowest BCUT2D eigenvalue weighted by Gasteiger charge is -2.29. The third-order valence-electron chi connectivity index (χ3n) is 4.12. The van der Waals surface area contributed by atoms with Crippen molar-refractivity contribution >= 4 is 23.6 Å². The lowest BCUT2D eigenvalue weighted by molar-refractivity contribution is -0.125. The summed E-state index contributed by atoms with van der Waals surface area (Å²) in [5.41, 5.74) is 0.469. The molecule has 1 N–H and O–H groups in total. The summed E-state index contributed by atoms with van der Waals surface area (Å²) in [7, 11) is 0. The highest BCUT2D eigenvalue weighted by Gasteiger charge is 2.23. The Morgan fingerprint density at radius 2 is 1.91 bits per heavy atom. The minimum Gasteiger partial charge on any atom is -0.452 e. The molecular weight excluding hydrogens is 298 g/mol. The van der Waals surface area contributed by atoms with E-state index >= 15 is 0 Å². The maximum atomic E-state index is 11.9. The Kier molecular flexibility index (Phi) is 6.31. The van der Waals surface area contributed by atoms with Crippen molar-refractivity contribution in [1.29, 1.82) is 0 Å². The molecule has 4 nitrogen and oxygen atoms in total. The number of hydrogen-bond donors (Lipinski definition) is 1. The van der Waals surface area contributed by atoms with Gasteiger partial charge in [-0.1, -0.05) is 19.8 Å². The SMILES string of the molecule is CSc1ccc(C(=O)OCC(=O)N[C@@H]2CCCC[C@H]2C)cc1. The minimum atomic E-state index is -0.459. The first-order valence-corrected chi connectivity index (χ1v) is 8.93. The van der Waals surface area contributed by atoms with Gasteiger partial charge in [-0.2, -0.15) is 0 Å². The lowest BCUT2D eigenvalue weighted by atomic mass is 9.86. The Labute approximate surface area is 136 Å². The molecule has 0 radical (unpaired) electrons. The van der Waals surface area contributed by atoms with Gasteiger partial charge in [0.1, 0.15) is 0 Å². The van der Waals surface area contributed by atoms with Crippen molar-refractivity contribution in [3.05, 3.63) is 29.8 Å². The standard InChI is InChI=1S/C17H23NO3S/c1-12-5-3-4-6-15(12)18-16(19)11-21-17(20)13-7-9-14(22-2)10-8-13/h7-10,12,15H,3-6,11H2,1-2H3,(H,18,19)/t12-,15-/m1/s1. The Balaban J connectivity index is 1.78. The highest BCUT2D eigenvalue weighted by Crippen LogP contribution is 2.23. The summed E-state index contributed by atoms with van der Waals surface area (Å²) in [6, 6.07) is 7.38. The number of rotatable bonds is 5. The van der Waals surface area contributed by atoms with Crippen LogP contribution in [0, 0.1) is 5.92 Å². The van der Waals surface area contributed by atoms with Gasteiger partial charge in [-0.05, 0) is 49.3 Å². The van der Waals surface area contributed by atoms with E-state index in [1.54, 1.807) is 23.9 Å². The van der Waals surface area contributed by atoms with Gasteiger partial charge in [-0.3, -0.25) is 4.79 Å². The molecular formula is C17H23NO3S. The largest absolute Gasteiger partial charge is 0.452 e. The molecule has 1 aliphatic carbocycles. The van der Waals surface area contributed by atoms with Crippen molar-refractivity contribution in [2.45, 2.75) is 43.5 Å². The van der Waals surface area contributed by atoms with Crippen LogP contribution in [0.1, 0.15) is 43.0 Å². The Morgan fingerprint density at radius 3 is 2.55 bits per heavy atom. The zero-order chi connectivity index (χ0) is 15.9. The van der Waals surface area contributed by atoms with Gasteiger partial charge < -0.3 is 10.1 Å². The summed E-state index contributed by atoms with van der Waals surface area (Å²) in [5.74, 6) is -0.181. The molecule has 0 spiro atoms. The van der Waals surface area contributed by atoms with E-state index in [1.165, 1.54) is 6.42 Å². The van der Waals surface area contributed by atoms with Crippen LogP contribution in [0.5, 0.6) is 0 Å². The fraction of sp³-hybridized carbons (Fsp3) is 0.529. The van der Waals surface area contributed by atoms with Crippen LogP contribution in [0.2, 0.25) is 0 Å². The lowest BCUT2D eigenvalue weighted by Crippen LogP contribution is -2.42. The average molecular weight is 321 g/mol. The van der Waals surface area contributed by atoms with Crippen LogP contribution in [0.25, 0.3) is 0 Å². The molecule has 0 saturated heterocycles. The van der Waals surface area contributed by atoms with E-state index < -0.39 is 5.97 Å². The van der Waals surface area contributed by atoms with E-state index in [-0.39, 0.29) is 18.6 Å². The molecule has 0 unspecified atom stereocenters. The van der Waals surface area contributed by atoms with Gasteiger partial charge >= 0.3 is 5.97 Å². The summed E-state index contributed by atoms with van der Waals surface area (Å²) in [6.45, 7) is 1.94. The van der Waals surface area contributed by atoms with Gasteiger partial charge in [-0.25, -0.2) is 4.79 Å². The Bertz CT molecular complexity index is 515. The zero-order valence-electron chi connectivity index (χ0n) is 13.1. The van der Waals surface area contributed by atoms with Crippen molar-refractivity contribution in [2.24, 2.45) is 5.92 Å². The predicted octanol–water partition coefficient (Wildman–Crippen LogP) is 3.26. The number of benzene rings is 1. The summed E-state index contributed by atoms with van der Waals surface area (Å²) in [5, 5.41) is 2.97. The van der Waals surface area contributed by atoms with Crippen LogP contribution in [0.4, 0.5) is 0 Å². The molecule has 22 heavy (non-hydrogen) atoms. The molecule has 0 bridgehead atoms. The van der Waals surface area contributed by atoms with Crippen molar-refractivity contribution in [3.8, 4) is 0 Å². The Morgan fingerprint density at radius 1 is 1.23 bits per heavy atom.